The van der Waals surface area contributed by atoms with Crippen LogP contribution in [0.25, 0.3) is 0 Å². The van der Waals surface area contributed by atoms with Crippen LogP contribution in [0.3, 0.4) is 0 Å². The van der Waals surface area contributed by atoms with Gasteiger partial charge in [-0.05, 0) is 54.8 Å². The Balaban J connectivity index is 1.97. The lowest BCUT2D eigenvalue weighted by molar-refractivity contribution is 0.371. The van der Waals surface area contributed by atoms with Crippen molar-refractivity contribution in [2.24, 2.45) is 0 Å². The molecule has 0 aliphatic carbocycles. The van der Waals surface area contributed by atoms with Gasteiger partial charge >= 0.3 is 0 Å². The van der Waals surface area contributed by atoms with Crippen molar-refractivity contribution >= 4 is 17.3 Å². The third-order valence-electron chi connectivity index (χ3n) is 3.63. The first kappa shape index (κ1) is 14.6. The highest BCUT2D eigenvalue weighted by Crippen LogP contribution is 2.27. The molecule has 2 aromatic carbocycles. The molecule has 1 aromatic heterocycles. The Kier molecular flexibility index (Phi) is 4.11. The molecule has 1 atom stereocenters. The number of nitrogens with one attached hydrogen (secondary N) is 1. The fourth-order valence-corrected chi connectivity index (χ4v) is 2.48. The average molecular weight is 314 g/mol. The largest absolute Gasteiger partial charge is 0.370 e. The van der Waals surface area contributed by atoms with E-state index in [4.69, 9.17) is 16.1 Å². The molecule has 0 fully saturated rings. The van der Waals surface area contributed by atoms with Crippen LogP contribution < -0.4 is 5.32 Å². The minimum Gasteiger partial charge on any atom is -0.370 e. The molecule has 4 nitrogen and oxygen atoms in total. The van der Waals surface area contributed by atoms with Crippen LogP contribution in [0.1, 0.15) is 28.6 Å². The Hall–Kier alpha value is -2.33. The zero-order chi connectivity index (χ0) is 15.5. The van der Waals surface area contributed by atoms with E-state index < -0.39 is 0 Å². The van der Waals surface area contributed by atoms with Gasteiger partial charge in [0.2, 0.25) is 0 Å². The number of anilines is 1. The van der Waals surface area contributed by atoms with Gasteiger partial charge in [0.05, 0.1) is 0 Å². The summed E-state index contributed by atoms with van der Waals surface area (Å²) in [5, 5.41) is 7.81. The number of hydrogen-bond donors (Lipinski definition) is 1. The van der Waals surface area contributed by atoms with Gasteiger partial charge in [0.15, 0.2) is 6.33 Å². The maximum Gasteiger partial charge on any atom is 0.253 e. The molecular weight excluding hydrogens is 298 g/mol. The highest BCUT2D eigenvalue weighted by Gasteiger charge is 2.20. The molecule has 0 aliphatic rings. The molecule has 0 spiro atoms. The average Bonchev–Trinajstić information content (AvgIpc) is 3.02. The first-order valence-corrected chi connectivity index (χ1v) is 7.37. The van der Waals surface area contributed by atoms with Gasteiger partial charge in [-0.2, -0.15) is 4.98 Å². The molecule has 0 amide bonds. The fraction of sp³-hybridized carbons (Fsp3) is 0.176. The smallest absolute Gasteiger partial charge is 0.253 e. The summed E-state index contributed by atoms with van der Waals surface area (Å²) in [5.41, 5.74) is 4.43. The van der Waals surface area contributed by atoms with E-state index in [0.717, 1.165) is 11.3 Å². The van der Waals surface area contributed by atoms with E-state index in [9.17, 15) is 0 Å². The number of hydrogen-bond acceptors (Lipinski definition) is 4. The molecule has 0 saturated heterocycles. The summed E-state index contributed by atoms with van der Waals surface area (Å²) in [6.45, 7) is 4.17. The molecular formula is C17H16ClN3O. The molecule has 22 heavy (non-hydrogen) atoms. The van der Waals surface area contributed by atoms with E-state index in [-0.39, 0.29) is 6.04 Å². The van der Waals surface area contributed by atoms with E-state index >= 15 is 0 Å². The second-order valence-electron chi connectivity index (χ2n) is 5.21. The van der Waals surface area contributed by atoms with E-state index in [2.05, 4.69) is 41.4 Å². The lowest BCUT2D eigenvalue weighted by atomic mass is 10.1. The predicted molar refractivity (Wildman–Crippen MR) is 87.1 cm³/mol. The van der Waals surface area contributed by atoms with Crippen LogP contribution in [0, 0.1) is 13.8 Å². The molecule has 0 bridgehead atoms. The lowest BCUT2D eigenvalue weighted by Gasteiger charge is -2.18. The minimum atomic E-state index is -0.247. The van der Waals surface area contributed by atoms with E-state index in [1.807, 2.05) is 30.3 Å². The molecule has 3 rings (SSSR count). The summed E-state index contributed by atoms with van der Waals surface area (Å²) >= 11 is 6.10. The van der Waals surface area contributed by atoms with Gasteiger partial charge in [0, 0.05) is 10.7 Å². The molecule has 5 heteroatoms. The summed E-state index contributed by atoms with van der Waals surface area (Å²) in [7, 11) is 0. The van der Waals surface area contributed by atoms with Crippen LogP contribution in [0.2, 0.25) is 5.02 Å². The van der Waals surface area contributed by atoms with E-state index in [1.54, 1.807) is 0 Å². The fourth-order valence-electron chi connectivity index (χ4n) is 2.28. The molecule has 0 radical (unpaired) electrons. The Bertz CT molecular complexity index is 771. The van der Waals surface area contributed by atoms with Gasteiger partial charge in [0.1, 0.15) is 6.04 Å². The van der Waals surface area contributed by atoms with Crippen molar-refractivity contribution in [3.05, 3.63) is 76.4 Å². The topological polar surface area (TPSA) is 51.0 Å². The zero-order valence-corrected chi connectivity index (χ0v) is 13.1. The normalized spacial score (nSPS) is 12.1. The van der Waals surface area contributed by atoms with Crippen molar-refractivity contribution in [3.8, 4) is 0 Å². The first-order chi connectivity index (χ1) is 10.6. The summed E-state index contributed by atoms with van der Waals surface area (Å²) in [6.07, 6.45) is 1.40. The quantitative estimate of drug-likeness (QED) is 0.768. The van der Waals surface area contributed by atoms with Crippen LogP contribution >= 0.6 is 11.6 Å². The van der Waals surface area contributed by atoms with Crippen molar-refractivity contribution in [2.45, 2.75) is 19.9 Å². The molecule has 112 valence electrons. The Morgan fingerprint density at radius 1 is 1.09 bits per heavy atom. The second-order valence-corrected chi connectivity index (χ2v) is 5.65. The monoisotopic (exact) mass is 313 g/mol. The molecule has 3 aromatic rings. The number of nitrogens with zero attached hydrogens (tertiary/aromatic N) is 2. The van der Waals surface area contributed by atoms with Crippen LogP contribution in [0.5, 0.6) is 0 Å². The standard InChI is InChI=1S/C17H16ClN3O/c1-11-6-7-15(8-12(11)2)21-16(17-19-10-20-22-17)13-4-3-5-14(18)9-13/h3-10,16,21H,1-2H3. The highest BCUT2D eigenvalue weighted by molar-refractivity contribution is 6.30. The second kappa shape index (κ2) is 6.20. The molecule has 0 aliphatic heterocycles. The molecule has 0 saturated carbocycles. The number of aromatic nitrogens is 2. The van der Waals surface area contributed by atoms with Crippen LogP contribution in [0.4, 0.5) is 5.69 Å². The lowest BCUT2D eigenvalue weighted by Crippen LogP contribution is -2.13. The van der Waals surface area contributed by atoms with Gasteiger partial charge in [0.25, 0.3) is 5.89 Å². The Morgan fingerprint density at radius 2 is 1.95 bits per heavy atom. The van der Waals surface area contributed by atoms with Gasteiger partial charge < -0.3 is 9.84 Å². The molecule has 1 N–H and O–H groups in total. The number of aryl methyl sites for hydroxylation is 2. The number of halogens is 1. The van der Waals surface area contributed by atoms with Crippen LogP contribution in [-0.2, 0) is 0 Å². The van der Waals surface area contributed by atoms with E-state index in [1.165, 1.54) is 17.5 Å². The third kappa shape index (κ3) is 3.12. The molecule has 1 unspecified atom stereocenters. The zero-order valence-electron chi connectivity index (χ0n) is 12.4. The first-order valence-electron chi connectivity index (χ1n) is 6.99. The van der Waals surface area contributed by atoms with Gasteiger partial charge in [-0.15, -0.1) is 0 Å². The third-order valence-corrected chi connectivity index (χ3v) is 3.86. The predicted octanol–water partition coefficient (Wildman–Crippen LogP) is 4.54. The van der Waals surface area contributed by atoms with Crippen LogP contribution in [0.15, 0.2) is 53.3 Å². The van der Waals surface area contributed by atoms with Gasteiger partial charge in [-0.25, -0.2) is 0 Å². The van der Waals surface area contributed by atoms with Gasteiger partial charge in [-0.3, -0.25) is 0 Å². The summed E-state index contributed by atoms with van der Waals surface area (Å²) in [4.78, 5) is 4.18. The van der Waals surface area contributed by atoms with E-state index in [0.29, 0.717) is 10.9 Å². The SMILES string of the molecule is Cc1ccc(NC(c2cccc(Cl)c2)c2ncno2)cc1C. The summed E-state index contributed by atoms with van der Waals surface area (Å²) in [6, 6.07) is 13.6. The minimum absolute atomic E-state index is 0.247. The Morgan fingerprint density at radius 3 is 2.64 bits per heavy atom. The van der Waals surface area contributed by atoms with Crippen molar-refractivity contribution in [1.29, 1.82) is 0 Å². The maximum absolute atomic E-state index is 6.10. The molecule has 1 heterocycles. The Labute approximate surface area is 134 Å². The number of rotatable bonds is 4. The van der Waals surface area contributed by atoms with Crippen molar-refractivity contribution < 1.29 is 4.52 Å². The van der Waals surface area contributed by atoms with Crippen LogP contribution in [-0.4, -0.2) is 10.1 Å². The summed E-state index contributed by atoms with van der Waals surface area (Å²) in [5.74, 6) is 0.500. The van der Waals surface area contributed by atoms with Gasteiger partial charge in [-0.1, -0.05) is 35.0 Å². The summed E-state index contributed by atoms with van der Waals surface area (Å²) < 4.78 is 5.25. The maximum atomic E-state index is 6.10. The highest BCUT2D eigenvalue weighted by atomic mass is 35.5. The van der Waals surface area contributed by atoms with Crippen molar-refractivity contribution in [2.75, 3.05) is 5.32 Å². The number of benzene rings is 2. The van der Waals surface area contributed by atoms with Crippen molar-refractivity contribution in [1.82, 2.24) is 10.1 Å². The van der Waals surface area contributed by atoms with Crippen molar-refractivity contribution in [3.63, 3.8) is 0 Å².